The number of aromatic nitrogens is 4. The Balaban J connectivity index is 1.04. The summed E-state index contributed by atoms with van der Waals surface area (Å²) in [6.07, 6.45) is 9.85. The highest BCUT2D eigenvalue weighted by molar-refractivity contribution is 6.10. The van der Waals surface area contributed by atoms with E-state index in [-0.39, 0.29) is 11.5 Å². The number of carbonyl (C=O) groups excluding carboxylic acids is 2. The van der Waals surface area contributed by atoms with E-state index in [0.29, 0.717) is 70.7 Å². The van der Waals surface area contributed by atoms with Gasteiger partial charge in [0.15, 0.2) is 6.29 Å². The monoisotopic (exact) mass is 662 g/mol. The van der Waals surface area contributed by atoms with Crippen molar-refractivity contribution in [1.82, 2.24) is 24.0 Å². The van der Waals surface area contributed by atoms with Gasteiger partial charge in [0.25, 0.3) is 11.5 Å². The number of fused-ring (bicyclic) bond motifs is 3. The van der Waals surface area contributed by atoms with Gasteiger partial charge >= 0.3 is 0 Å². The highest BCUT2D eigenvalue weighted by Crippen LogP contribution is 2.34. The van der Waals surface area contributed by atoms with Gasteiger partial charge in [0.1, 0.15) is 17.3 Å². The lowest BCUT2D eigenvalue weighted by molar-refractivity contribution is -0.0828. The maximum absolute atomic E-state index is 13.8. The van der Waals surface area contributed by atoms with Crippen LogP contribution in [-0.4, -0.2) is 87.2 Å². The Bertz CT molecular complexity index is 1980. The van der Waals surface area contributed by atoms with Crippen molar-refractivity contribution in [3.05, 3.63) is 81.8 Å². The first-order valence-corrected chi connectivity index (χ1v) is 17.3. The van der Waals surface area contributed by atoms with Crippen LogP contribution in [0.1, 0.15) is 58.8 Å². The zero-order chi connectivity index (χ0) is 33.8. The lowest BCUT2D eigenvalue weighted by Gasteiger charge is -2.50. The number of carbonyl (C=O) groups is 2. The summed E-state index contributed by atoms with van der Waals surface area (Å²) < 4.78 is 9.22. The minimum Gasteiger partial charge on any atom is -0.378 e. The summed E-state index contributed by atoms with van der Waals surface area (Å²) in [6.45, 7) is 9.39. The Hall–Kier alpha value is -4.81. The number of nitrogens with zero attached hydrogens (tertiary/aromatic N) is 7. The third-order valence-electron chi connectivity index (χ3n) is 10.7. The molecule has 49 heavy (non-hydrogen) atoms. The van der Waals surface area contributed by atoms with E-state index < -0.39 is 0 Å². The fourth-order valence-corrected chi connectivity index (χ4v) is 8.03. The number of aldehydes is 1. The van der Waals surface area contributed by atoms with Gasteiger partial charge in [0.05, 0.1) is 42.3 Å². The van der Waals surface area contributed by atoms with E-state index in [1.165, 1.54) is 10.3 Å². The number of hydrogen-bond donors (Lipinski definition) is 1. The quantitative estimate of drug-likeness (QED) is 0.293. The average Bonchev–Trinajstić information content (AvgIpc) is 3.47. The van der Waals surface area contributed by atoms with Gasteiger partial charge in [-0.25, -0.2) is 9.97 Å². The third-order valence-corrected chi connectivity index (χ3v) is 10.7. The second kappa shape index (κ2) is 12.6. The largest absolute Gasteiger partial charge is 0.378 e. The van der Waals surface area contributed by atoms with Crippen LogP contribution in [0.5, 0.6) is 0 Å². The topological polar surface area (TPSA) is 118 Å². The number of pyridine rings is 3. The Kier molecular flexibility index (Phi) is 8.07. The van der Waals surface area contributed by atoms with Crippen molar-refractivity contribution in [2.45, 2.75) is 64.2 Å². The van der Waals surface area contributed by atoms with Crippen LogP contribution in [0.4, 0.5) is 23.0 Å². The Labute approximate surface area is 285 Å². The molecule has 0 saturated carbocycles. The maximum atomic E-state index is 13.8. The Morgan fingerprint density at radius 3 is 2.57 bits per heavy atom. The third kappa shape index (κ3) is 5.52. The van der Waals surface area contributed by atoms with Gasteiger partial charge in [0, 0.05) is 81.1 Å². The Morgan fingerprint density at radius 1 is 0.959 bits per heavy atom. The lowest BCUT2D eigenvalue weighted by Crippen LogP contribution is -2.63. The summed E-state index contributed by atoms with van der Waals surface area (Å²) in [6, 6.07) is 10.7. The number of amides is 1. The molecule has 1 N–H and O–H groups in total. The van der Waals surface area contributed by atoms with E-state index in [9.17, 15) is 14.4 Å². The van der Waals surface area contributed by atoms with Gasteiger partial charge in [-0.3, -0.25) is 24.2 Å². The van der Waals surface area contributed by atoms with Crippen molar-refractivity contribution in [2.24, 2.45) is 7.05 Å². The van der Waals surface area contributed by atoms with Gasteiger partial charge in [-0.15, -0.1) is 0 Å². The molecule has 254 valence electrons. The molecule has 0 aromatic carbocycles. The predicted molar refractivity (Wildman–Crippen MR) is 188 cm³/mol. The molecule has 12 heteroatoms. The minimum absolute atomic E-state index is 0.132. The zero-order valence-corrected chi connectivity index (χ0v) is 28.3. The van der Waals surface area contributed by atoms with Gasteiger partial charge in [-0.1, -0.05) is 0 Å². The second-order valence-electron chi connectivity index (χ2n) is 13.8. The molecule has 2 saturated heterocycles. The van der Waals surface area contributed by atoms with Gasteiger partial charge < -0.3 is 24.1 Å². The molecule has 8 heterocycles. The first-order chi connectivity index (χ1) is 23.8. The van der Waals surface area contributed by atoms with Crippen molar-refractivity contribution >= 4 is 35.2 Å². The maximum Gasteiger partial charge on any atom is 0.274 e. The number of aryl methyl sites for hydroxylation is 2. The van der Waals surface area contributed by atoms with E-state index in [4.69, 9.17) is 4.74 Å². The van der Waals surface area contributed by atoms with Crippen LogP contribution in [0.3, 0.4) is 0 Å². The minimum atomic E-state index is -0.230. The van der Waals surface area contributed by atoms with Gasteiger partial charge in [0.2, 0.25) is 0 Å². The summed E-state index contributed by atoms with van der Waals surface area (Å²) in [5, 5.41) is 3.21. The smallest absolute Gasteiger partial charge is 0.274 e. The SMILES string of the molecule is C[C@@H]1CN(c2ccc(Nc3cc(-c4ccnc(N5CCc6c(cc7n6CCCC7)C5=O)c4C=O)cn(C)c3=O)nc2)[C@@H](C)CN1C1COC1. The number of piperazine rings is 1. The molecule has 0 spiro atoms. The fraction of sp³-hybridized carbons (Fsp3) is 0.432. The second-order valence-corrected chi connectivity index (χ2v) is 13.8. The average molecular weight is 663 g/mol. The van der Waals surface area contributed by atoms with Crippen molar-refractivity contribution in [1.29, 1.82) is 0 Å². The molecule has 4 aliphatic heterocycles. The van der Waals surface area contributed by atoms with Crippen LogP contribution in [-0.2, 0) is 31.2 Å². The Morgan fingerprint density at radius 2 is 1.82 bits per heavy atom. The molecule has 0 bridgehead atoms. The van der Waals surface area contributed by atoms with Crippen molar-refractivity contribution in [3.8, 4) is 11.1 Å². The standard InChI is InChI=1S/C37H42N8O4/c1-23-18-45(28-21-49-22-28)24(2)17-44(23)27-7-8-34(39-16-27)40-32-14-25(19-41(3)37(32)48)29-9-11-38-35(31(29)20-46)43-13-10-33-30(36(43)47)15-26-6-4-5-12-42(26)33/h7-9,11,14-16,19-20,23-24,28H,4-6,10,12-13,17-18,21-22H2,1-3H3,(H,39,40)/t23-,24+/m0/s1. The molecule has 4 aliphatic rings. The number of ether oxygens (including phenoxy) is 1. The summed E-state index contributed by atoms with van der Waals surface area (Å²) in [5.41, 5.74) is 5.68. The molecule has 12 nitrogen and oxygen atoms in total. The van der Waals surface area contributed by atoms with Crippen LogP contribution < -0.4 is 20.7 Å². The van der Waals surface area contributed by atoms with E-state index in [2.05, 4.69) is 43.5 Å². The molecule has 0 aliphatic carbocycles. The molecule has 0 unspecified atom stereocenters. The van der Waals surface area contributed by atoms with Crippen LogP contribution in [0.25, 0.3) is 11.1 Å². The van der Waals surface area contributed by atoms with E-state index in [1.807, 2.05) is 24.4 Å². The predicted octanol–water partition coefficient (Wildman–Crippen LogP) is 4.04. The number of hydrogen-bond acceptors (Lipinski definition) is 9. The molecule has 1 amide bonds. The van der Waals surface area contributed by atoms with Gasteiger partial charge in [-0.2, -0.15) is 0 Å². The zero-order valence-electron chi connectivity index (χ0n) is 28.3. The molecular formula is C37H42N8O4. The summed E-state index contributed by atoms with van der Waals surface area (Å²) in [5.74, 6) is 0.741. The molecule has 2 fully saturated rings. The first kappa shape index (κ1) is 31.5. The highest BCUT2D eigenvalue weighted by atomic mass is 16.5. The number of nitrogens with one attached hydrogen (secondary N) is 1. The van der Waals surface area contributed by atoms with Crippen molar-refractivity contribution in [3.63, 3.8) is 0 Å². The number of rotatable bonds is 7. The summed E-state index contributed by atoms with van der Waals surface area (Å²) >= 11 is 0. The van der Waals surface area contributed by atoms with Crippen molar-refractivity contribution in [2.75, 3.05) is 48.0 Å². The van der Waals surface area contributed by atoms with Crippen LogP contribution >= 0.6 is 0 Å². The van der Waals surface area contributed by atoms with Crippen LogP contribution in [0, 0.1) is 0 Å². The highest BCUT2D eigenvalue weighted by Gasteiger charge is 2.37. The van der Waals surface area contributed by atoms with E-state index in [0.717, 1.165) is 69.8 Å². The van der Waals surface area contributed by atoms with Gasteiger partial charge in [-0.05, 0) is 69.0 Å². The molecule has 4 aromatic heterocycles. The molecule has 8 rings (SSSR count). The van der Waals surface area contributed by atoms with E-state index >= 15 is 0 Å². The van der Waals surface area contributed by atoms with Crippen molar-refractivity contribution < 1.29 is 14.3 Å². The normalized spacial score (nSPS) is 21.2. The summed E-state index contributed by atoms with van der Waals surface area (Å²) in [4.78, 5) is 55.6. The molecule has 2 atom stereocenters. The first-order valence-electron chi connectivity index (χ1n) is 17.3. The van der Waals surface area contributed by atoms with Crippen LogP contribution in [0.2, 0.25) is 0 Å². The number of anilines is 4. The fourth-order valence-electron chi connectivity index (χ4n) is 8.03. The van der Waals surface area contributed by atoms with E-state index in [1.54, 1.807) is 36.5 Å². The molecular weight excluding hydrogens is 620 g/mol. The summed E-state index contributed by atoms with van der Waals surface area (Å²) in [7, 11) is 1.68. The molecule has 4 aromatic rings. The van der Waals surface area contributed by atoms with Crippen LogP contribution in [0.15, 0.2) is 53.7 Å². The lowest BCUT2D eigenvalue weighted by atomic mass is 10.0. The molecule has 0 radical (unpaired) electrons.